The number of carbonyl (C=O) groups is 2. The molecule has 9 heteroatoms. The third kappa shape index (κ3) is 2.71. The van der Waals surface area contributed by atoms with Gasteiger partial charge in [0.15, 0.2) is 0 Å². The van der Waals surface area contributed by atoms with Crippen molar-refractivity contribution in [2.24, 2.45) is 0 Å². The molecule has 0 bridgehead atoms. The molecule has 17 heavy (non-hydrogen) atoms. The maximum absolute atomic E-state index is 11.2. The van der Waals surface area contributed by atoms with Crippen molar-refractivity contribution in [2.45, 2.75) is 12.6 Å². The van der Waals surface area contributed by atoms with Crippen LogP contribution in [0, 0.1) is 0 Å². The van der Waals surface area contributed by atoms with Gasteiger partial charge in [0, 0.05) is 24.6 Å². The van der Waals surface area contributed by atoms with Crippen LogP contribution < -0.4 is 5.32 Å². The summed E-state index contributed by atoms with van der Waals surface area (Å²) in [6, 6.07) is -0.759. The van der Waals surface area contributed by atoms with E-state index < -0.39 is 12.0 Å². The molecule has 0 saturated carbocycles. The first kappa shape index (κ1) is 12.2. The average molecular weight is 277 g/mol. The van der Waals surface area contributed by atoms with Gasteiger partial charge in [0.25, 0.3) is 0 Å². The van der Waals surface area contributed by atoms with Crippen LogP contribution in [-0.2, 0) is 16.1 Å². The zero-order valence-corrected chi connectivity index (χ0v) is 10.2. The predicted molar refractivity (Wildman–Crippen MR) is 59.8 cm³/mol. The lowest BCUT2D eigenvalue weighted by atomic mass is 10.2. The average Bonchev–Trinajstić information content (AvgIpc) is 2.64. The van der Waals surface area contributed by atoms with Gasteiger partial charge in [-0.05, 0) is 0 Å². The van der Waals surface area contributed by atoms with E-state index in [2.05, 4.69) is 14.9 Å². The summed E-state index contributed by atoms with van der Waals surface area (Å²) >= 11 is 6.87. The maximum atomic E-state index is 11.2. The van der Waals surface area contributed by atoms with Gasteiger partial charge in [-0.2, -0.15) is 0 Å². The number of piperazine rings is 1. The molecule has 0 radical (unpaired) electrons. The fourth-order valence-corrected chi connectivity index (χ4v) is 2.20. The fourth-order valence-electron chi connectivity index (χ4n) is 1.58. The number of carboxylic acid groups (broad SMARTS) is 1. The number of aromatic nitrogens is 2. The van der Waals surface area contributed by atoms with E-state index in [4.69, 9.17) is 16.7 Å². The Bertz CT molecular complexity index is 452. The summed E-state index contributed by atoms with van der Waals surface area (Å²) in [4.78, 5) is 23.8. The molecule has 1 aromatic heterocycles. The van der Waals surface area contributed by atoms with Gasteiger partial charge in [-0.15, -0.1) is 5.10 Å². The number of nitrogens with one attached hydrogen (secondary N) is 1. The van der Waals surface area contributed by atoms with Crippen LogP contribution in [0.3, 0.4) is 0 Å². The van der Waals surface area contributed by atoms with Crippen LogP contribution in [-0.4, -0.2) is 50.6 Å². The molecule has 1 aliphatic heterocycles. The number of hydrogen-bond acceptors (Lipinski definition) is 6. The lowest BCUT2D eigenvalue weighted by Crippen LogP contribution is -2.57. The van der Waals surface area contributed by atoms with E-state index in [-0.39, 0.29) is 25.5 Å². The van der Waals surface area contributed by atoms with E-state index in [9.17, 15) is 9.59 Å². The van der Waals surface area contributed by atoms with Crippen molar-refractivity contribution in [3.8, 4) is 0 Å². The molecule has 0 spiro atoms. The highest BCUT2D eigenvalue weighted by molar-refractivity contribution is 7.10. The molecule has 2 heterocycles. The lowest BCUT2D eigenvalue weighted by molar-refractivity contribution is -0.146. The van der Waals surface area contributed by atoms with Crippen molar-refractivity contribution >= 4 is 35.0 Å². The summed E-state index contributed by atoms with van der Waals surface area (Å²) in [5.74, 6) is -1.19. The lowest BCUT2D eigenvalue weighted by Gasteiger charge is -2.31. The molecular formula is C8H9ClN4O3S. The molecule has 1 amide bonds. The minimum absolute atomic E-state index is 0.0187. The molecule has 1 saturated heterocycles. The molecule has 1 unspecified atom stereocenters. The van der Waals surface area contributed by atoms with E-state index in [0.717, 1.165) is 11.5 Å². The number of nitrogens with zero attached hydrogens (tertiary/aromatic N) is 3. The summed E-state index contributed by atoms with van der Waals surface area (Å²) in [5, 5.41) is 15.3. The van der Waals surface area contributed by atoms with Gasteiger partial charge in [-0.1, -0.05) is 16.1 Å². The molecule has 2 N–H and O–H groups in total. The molecule has 0 aromatic carbocycles. The van der Waals surface area contributed by atoms with E-state index in [0.29, 0.717) is 10.0 Å². The van der Waals surface area contributed by atoms with Crippen molar-refractivity contribution in [1.82, 2.24) is 19.8 Å². The summed E-state index contributed by atoms with van der Waals surface area (Å²) in [5.41, 5.74) is 0.498. The molecule has 2 rings (SSSR count). The third-order valence-electron chi connectivity index (χ3n) is 2.43. The Morgan fingerprint density at radius 3 is 3.06 bits per heavy atom. The van der Waals surface area contributed by atoms with Crippen LogP contribution >= 0.6 is 23.1 Å². The molecule has 1 aromatic rings. The Morgan fingerprint density at radius 2 is 2.47 bits per heavy atom. The van der Waals surface area contributed by atoms with Crippen LogP contribution in [0.5, 0.6) is 0 Å². The minimum atomic E-state index is -0.982. The van der Waals surface area contributed by atoms with Gasteiger partial charge >= 0.3 is 5.97 Å². The van der Waals surface area contributed by atoms with Crippen molar-refractivity contribution in [2.75, 3.05) is 13.1 Å². The number of aliphatic carboxylic acids is 1. The number of rotatable bonds is 3. The summed E-state index contributed by atoms with van der Waals surface area (Å²) in [7, 11) is 0. The molecule has 0 aliphatic carbocycles. The third-order valence-corrected chi connectivity index (χ3v) is 3.41. The van der Waals surface area contributed by atoms with Gasteiger partial charge in [-0.25, -0.2) is 0 Å². The van der Waals surface area contributed by atoms with Gasteiger partial charge in [0.2, 0.25) is 5.91 Å². The summed E-state index contributed by atoms with van der Waals surface area (Å²) in [6.07, 6.45) is 0. The van der Waals surface area contributed by atoms with Gasteiger partial charge in [0.05, 0.1) is 6.54 Å². The van der Waals surface area contributed by atoms with E-state index in [1.165, 1.54) is 4.90 Å². The smallest absolute Gasteiger partial charge is 0.322 e. The Hall–Kier alpha value is -1.25. The Morgan fingerprint density at radius 1 is 1.71 bits per heavy atom. The van der Waals surface area contributed by atoms with Gasteiger partial charge in [-0.3, -0.25) is 14.5 Å². The molecule has 7 nitrogen and oxygen atoms in total. The van der Waals surface area contributed by atoms with Crippen LogP contribution in [0.25, 0.3) is 0 Å². The van der Waals surface area contributed by atoms with Crippen molar-refractivity contribution in [1.29, 1.82) is 0 Å². The van der Waals surface area contributed by atoms with Crippen molar-refractivity contribution in [3.05, 3.63) is 10.0 Å². The highest BCUT2D eigenvalue weighted by Crippen LogP contribution is 2.20. The summed E-state index contributed by atoms with van der Waals surface area (Å²) in [6.45, 7) is 0.313. The SMILES string of the molecule is O=C1CN(Cc2nnsc2Cl)C(C(=O)O)CN1. The molecule has 1 aliphatic rings. The number of carboxylic acids is 1. The van der Waals surface area contributed by atoms with Crippen LogP contribution in [0.2, 0.25) is 4.34 Å². The predicted octanol–water partition coefficient (Wildman–Crippen LogP) is -0.423. The second-order valence-corrected chi connectivity index (χ2v) is 4.91. The quantitative estimate of drug-likeness (QED) is 0.778. The first-order chi connectivity index (χ1) is 8.08. The second-order valence-electron chi connectivity index (χ2n) is 3.56. The minimum Gasteiger partial charge on any atom is -0.480 e. The maximum Gasteiger partial charge on any atom is 0.322 e. The van der Waals surface area contributed by atoms with Crippen molar-refractivity contribution < 1.29 is 14.7 Å². The van der Waals surface area contributed by atoms with E-state index in [1.807, 2.05) is 0 Å². The first-order valence-electron chi connectivity index (χ1n) is 4.78. The van der Waals surface area contributed by atoms with Gasteiger partial charge < -0.3 is 10.4 Å². The Labute approximate surface area is 106 Å². The number of amides is 1. The zero-order chi connectivity index (χ0) is 12.4. The number of halogens is 1. The number of carbonyl (C=O) groups excluding carboxylic acids is 1. The van der Waals surface area contributed by atoms with Crippen molar-refractivity contribution in [3.63, 3.8) is 0 Å². The van der Waals surface area contributed by atoms with Gasteiger partial charge in [0.1, 0.15) is 16.1 Å². The second kappa shape index (κ2) is 4.94. The van der Waals surface area contributed by atoms with E-state index >= 15 is 0 Å². The fraction of sp³-hybridized carbons (Fsp3) is 0.500. The topological polar surface area (TPSA) is 95.4 Å². The van der Waals surface area contributed by atoms with E-state index in [1.54, 1.807) is 0 Å². The molecular weight excluding hydrogens is 268 g/mol. The Balaban J connectivity index is 2.13. The number of hydrogen-bond donors (Lipinski definition) is 2. The molecule has 1 atom stereocenters. The van der Waals surface area contributed by atoms with Crippen LogP contribution in [0.4, 0.5) is 0 Å². The summed E-state index contributed by atoms with van der Waals surface area (Å²) < 4.78 is 4.08. The van der Waals surface area contributed by atoms with Crippen LogP contribution in [0.1, 0.15) is 5.69 Å². The zero-order valence-electron chi connectivity index (χ0n) is 8.59. The standard InChI is InChI=1S/C8H9ClN4O3S/c9-7-4(11-12-17-7)2-13-3-6(14)10-1-5(13)8(15)16/h5H,1-3H2,(H,10,14)(H,15,16). The monoisotopic (exact) mass is 276 g/mol. The normalized spacial score (nSPS) is 21.2. The molecule has 92 valence electrons. The highest BCUT2D eigenvalue weighted by Gasteiger charge is 2.32. The first-order valence-corrected chi connectivity index (χ1v) is 5.93. The van der Waals surface area contributed by atoms with Crippen LogP contribution in [0.15, 0.2) is 0 Å². The highest BCUT2D eigenvalue weighted by atomic mass is 35.5. The molecule has 1 fully saturated rings. The largest absolute Gasteiger partial charge is 0.480 e. The Kier molecular flexibility index (Phi) is 3.55.